The van der Waals surface area contributed by atoms with Crippen LogP contribution in [-0.4, -0.2) is 98.4 Å². The molecule has 3 aliphatic heterocycles. The van der Waals surface area contributed by atoms with E-state index >= 15 is 0 Å². The number of nitrogens with zero attached hydrogens (tertiary/aromatic N) is 4. The molecule has 2 saturated heterocycles. The Labute approximate surface area is 211 Å². The maximum atomic E-state index is 12.2. The zero-order valence-corrected chi connectivity index (χ0v) is 22.0. The summed E-state index contributed by atoms with van der Waals surface area (Å²) in [6.45, 7) is 7.70. The van der Waals surface area contributed by atoms with Crippen molar-refractivity contribution in [2.75, 3.05) is 72.8 Å². The van der Waals surface area contributed by atoms with Crippen molar-refractivity contribution in [2.45, 2.75) is 27.1 Å². The molecule has 0 spiro atoms. The second-order valence-electron chi connectivity index (χ2n) is 9.27. The van der Waals surface area contributed by atoms with Crippen LogP contribution in [0.3, 0.4) is 0 Å². The van der Waals surface area contributed by atoms with Gasteiger partial charge in [-0.1, -0.05) is 17.8 Å². The van der Waals surface area contributed by atoms with E-state index in [4.69, 9.17) is 4.74 Å². The summed E-state index contributed by atoms with van der Waals surface area (Å²) < 4.78 is 5.51. The summed E-state index contributed by atoms with van der Waals surface area (Å²) >= 11 is 3.69. The van der Waals surface area contributed by atoms with Gasteiger partial charge in [0, 0.05) is 80.1 Å². The molecule has 2 aromatic rings. The van der Waals surface area contributed by atoms with Gasteiger partial charge in [0.05, 0.1) is 7.11 Å². The van der Waals surface area contributed by atoms with E-state index in [0.717, 1.165) is 64.5 Å². The third-order valence-electron chi connectivity index (χ3n) is 7.32. The van der Waals surface area contributed by atoms with Gasteiger partial charge in [-0.2, -0.15) is 0 Å². The number of hydrogen-bond acceptors (Lipinski definition) is 6. The van der Waals surface area contributed by atoms with Crippen molar-refractivity contribution in [1.29, 1.82) is 0 Å². The molecule has 0 aliphatic carbocycles. The van der Waals surface area contributed by atoms with Gasteiger partial charge in [-0.25, -0.2) is 4.79 Å². The van der Waals surface area contributed by atoms with Crippen molar-refractivity contribution >= 4 is 29.6 Å². The summed E-state index contributed by atoms with van der Waals surface area (Å²) in [5, 5.41) is 0. The lowest BCUT2D eigenvalue weighted by molar-refractivity contribution is 0.0897. The summed E-state index contributed by atoms with van der Waals surface area (Å²) in [6, 6.07) is 14.0. The fourth-order valence-electron chi connectivity index (χ4n) is 5.17. The maximum absolute atomic E-state index is 12.2. The van der Waals surface area contributed by atoms with Crippen LogP contribution in [0.5, 0.6) is 5.75 Å². The minimum absolute atomic E-state index is 0.172. The molecular weight excluding hydrogens is 464 g/mol. The molecule has 3 heterocycles. The van der Waals surface area contributed by atoms with E-state index in [2.05, 4.69) is 52.5 Å². The van der Waals surface area contributed by atoms with Gasteiger partial charge in [-0.15, -0.1) is 11.8 Å². The first-order valence-corrected chi connectivity index (χ1v) is 14.1. The highest BCUT2D eigenvalue weighted by Gasteiger charge is 2.31. The van der Waals surface area contributed by atoms with Crippen LogP contribution in [0.1, 0.15) is 17.2 Å². The lowest BCUT2D eigenvalue weighted by atomic mass is 9.96. The number of thioether (sulfide) groups is 1. The Bertz CT molecular complexity index is 1040. The topological polar surface area (TPSA) is 39.3 Å². The predicted octanol–water partition coefficient (Wildman–Crippen LogP) is 4.15. The highest BCUT2D eigenvalue weighted by atomic mass is 32.2. The van der Waals surface area contributed by atoms with Crippen LogP contribution in [0.15, 0.2) is 51.1 Å². The van der Waals surface area contributed by atoms with Gasteiger partial charge in [0.2, 0.25) is 0 Å². The van der Waals surface area contributed by atoms with Crippen molar-refractivity contribution in [3.63, 3.8) is 0 Å². The second-order valence-corrected chi connectivity index (χ2v) is 11.2. The molecule has 2 amide bonds. The van der Waals surface area contributed by atoms with Crippen LogP contribution in [0, 0.1) is 0 Å². The lowest BCUT2D eigenvalue weighted by Gasteiger charge is -2.40. The molecule has 0 radical (unpaired) electrons. The minimum Gasteiger partial charge on any atom is -0.497 e. The molecule has 0 N–H and O–H groups in total. The normalized spacial score (nSPS) is 21.4. The number of fused-ring (bicyclic) bond motifs is 2. The Hall–Kier alpha value is -1.87. The third kappa shape index (κ3) is 4.91. The molecule has 2 aromatic carbocycles. The molecule has 34 heavy (non-hydrogen) atoms. The fourth-order valence-corrected chi connectivity index (χ4v) is 6.76. The number of urea groups is 1. The van der Waals surface area contributed by atoms with Crippen LogP contribution < -0.4 is 4.74 Å². The number of piperazine rings is 1. The fraction of sp³-hybridized carbons (Fsp3) is 0.500. The molecule has 6 nitrogen and oxygen atoms in total. The number of rotatable bonds is 6. The number of ether oxygens (including phenoxy) is 1. The Morgan fingerprint density at radius 2 is 1.82 bits per heavy atom. The highest BCUT2D eigenvalue weighted by molar-refractivity contribution is 7.99. The predicted molar refractivity (Wildman–Crippen MR) is 139 cm³/mol. The molecule has 5 rings (SSSR count). The highest BCUT2D eigenvalue weighted by Crippen LogP contribution is 2.45. The van der Waals surface area contributed by atoms with E-state index in [1.54, 1.807) is 7.11 Å². The van der Waals surface area contributed by atoms with E-state index in [0.29, 0.717) is 6.04 Å². The lowest BCUT2D eigenvalue weighted by Crippen LogP contribution is -2.50. The Morgan fingerprint density at radius 1 is 1.00 bits per heavy atom. The second kappa shape index (κ2) is 10.4. The first kappa shape index (κ1) is 23.9. The monoisotopic (exact) mass is 498 g/mol. The van der Waals surface area contributed by atoms with Gasteiger partial charge in [-0.3, -0.25) is 9.80 Å². The summed E-state index contributed by atoms with van der Waals surface area (Å²) in [5.41, 5.74) is 2.85. The first-order chi connectivity index (χ1) is 16.6. The summed E-state index contributed by atoms with van der Waals surface area (Å²) in [5.74, 6) is 0.920. The van der Waals surface area contributed by atoms with E-state index in [9.17, 15) is 4.79 Å². The van der Waals surface area contributed by atoms with Crippen LogP contribution in [0.25, 0.3) is 0 Å². The van der Waals surface area contributed by atoms with Crippen molar-refractivity contribution in [2.24, 2.45) is 0 Å². The zero-order valence-electron chi connectivity index (χ0n) is 20.3. The van der Waals surface area contributed by atoms with Gasteiger partial charge in [0.15, 0.2) is 0 Å². The first-order valence-electron chi connectivity index (χ1n) is 12.0. The molecule has 0 aromatic heterocycles. The van der Waals surface area contributed by atoms with Crippen LogP contribution in [0.4, 0.5) is 4.79 Å². The number of likely N-dealkylation sites (N-methyl/N-ethyl adjacent to an activating group) is 1. The molecule has 8 heteroatoms. The van der Waals surface area contributed by atoms with Crippen LogP contribution in [0.2, 0.25) is 0 Å². The average Bonchev–Trinajstić information content (AvgIpc) is 3.10. The largest absolute Gasteiger partial charge is 0.497 e. The average molecular weight is 499 g/mol. The molecule has 3 aliphatic rings. The minimum atomic E-state index is 0.172. The summed E-state index contributed by atoms with van der Waals surface area (Å²) in [4.78, 5) is 25.2. The molecule has 1 unspecified atom stereocenters. The smallest absolute Gasteiger partial charge is 0.319 e. The molecule has 1 atom stereocenters. The van der Waals surface area contributed by atoms with Gasteiger partial charge in [0.25, 0.3) is 0 Å². The number of benzene rings is 2. The standard InChI is InChI=1S/C26H34N4O2S2/c1-27-8-12-30(26(27)31)15-11-28-9-13-29(14-10-28)23-16-19-4-5-20(32-2)17-25(19)34-24-7-6-21(33-3)18-22(23)24/h4-7,17-18,23H,8-16H2,1-3H3. The number of methoxy groups -OCH3 is 1. The summed E-state index contributed by atoms with van der Waals surface area (Å²) in [7, 11) is 3.63. The van der Waals surface area contributed by atoms with E-state index in [-0.39, 0.29) is 6.03 Å². The Morgan fingerprint density at radius 3 is 2.53 bits per heavy atom. The SMILES string of the molecule is COc1ccc2c(c1)Sc1ccc(SC)cc1C(N1CCN(CCN3CCN(C)C3=O)CC1)C2. The van der Waals surface area contributed by atoms with Crippen molar-refractivity contribution in [3.05, 3.63) is 47.5 Å². The van der Waals surface area contributed by atoms with Gasteiger partial charge in [-0.05, 0) is 54.1 Å². The van der Waals surface area contributed by atoms with Crippen molar-refractivity contribution < 1.29 is 9.53 Å². The number of amides is 2. The van der Waals surface area contributed by atoms with Crippen molar-refractivity contribution in [1.82, 2.24) is 19.6 Å². The van der Waals surface area contributed by atoms with Crippen molar-refractivity contribution in [3.8, 4) is 5.75 Å². The number of carbonyl (C=O) groups excluding carboxylic acids is 1. The van der Waals surface area contributed by atoms with Gasteiger partial charge >= 0.3 is 6.03 Å². The van der Waals surface area contributed by atoms with Gasteiger partial charge < -0.3 is 14.5 Å². The number of hydrogen-bond donors (Lipinski definition) is 0. The molecular formula is C26H34N4O2S2. The third-order valence-corrected chi connectivity index (χ3v) is 9.24. The van der Waals surface area contributed by atoms with E-state index < -0.39 is 0 Å². The van der Waals surface area contributed by atoms with Gasteiger partial charge in [0.1, 0.15) is 5.75 Å². The van der Waals surface area contributed by atoms with Crippen LogP contribution in [-0.2, 0) is 6.42 Å². The van der Waals surface area contributed by atoms with Crippen LogP contribution >= 0.6 is 23.5 Å². The molecule has 2 fully saturated rings. The molecule has 182 valence electrons. The zero-order chi connectivity index (χ0) is 23.7. The Balaban J connectivity index is 1.31. The summed E-state index contributed by atoms with van der Waals surface area (Å²) in [6.07, 6.45) is 3.17. The quantitative estimate of drug-likeness (QED) is 0.557. The van der Waals surface area contributed by atoms with E-state index in [1.165, 1.54) is 25.8 Å². The molecule has 0 saturated carbocycles. The van der Waals surface area contributed by atoms with E-state index in [1.807, 2.05) is 40.4 Å². The maximum Gasteiger partial charge on any atom is 0.319 e. The Kier molecular flexibility index (Phi) is 7.30. The molecule has 0 bridgehead atoms. The number of carbonyl (C=O) groups is 1.